The lowest BCUT2D eigenvalue weighted by Gasteiger charge is -2.39. The number of carbonyl (C=O) groups is 2. The molecule has 4 rings (SSSR count). The Balaban J connectivity index is 1.64. The Morgan fingerprint density at radius 2 is 1.82 bits per heavy atom. The molecule has 0 spiro atoms. The van der Waals surface area contributed by atoms with Gasteiger partial charge in [0.05, 0.1) is 18.6 Å². The van der Waals surface area contributed by atoms with Gasteiger partial charge in [-0.25, -0.2) is 9.67 Å². The molecule has 3 aromatic rings. The zero-order chi connectivity index (χ0) is 28.8. The van der Waals surface area contributed by atoms with Crippen LogP contribution in [0.25, 0.3) is 11.0 Å². The number of amides is 1. The molecule has 1 aromatic carbocycles. The van der Waals surface area contributed by atoms with E-state index in [-0.39, 0.29) is 37.0 Å². The van der Waals surface area contributed by atoms with E-state index in [0.29, 0.717) is 18.2 Å². The first-order valence-corrected chi connectivity index (χ1v) is 12.7. The van der Waals surface area contributed by atoms with Crippen LogP contribution in [0.3, 0.4) is 0 Å². The summed E-state index contributed by atoms with van der Waals surface area (Å²) in [5, 5.41) is 57.1. The van der Waals surface area contributed by atoms with E-state index in [1.807, 2.05) is 0 Å². The highest BCUT2D eigenvalue weighted by Crippen LogP contribution is 2.31. The van der Waals surface area contributed by atoms with Crippen LogP contribution in [0.4, 0.5) is 0 Å². The number of carbonyl (C=O) groups excluding carboxylic acids is 2. The average Bonchev–Trinajstić information content (AvgIpc) is 3.29. The second-order valence-corrected chi connectivity index (χ2v) is 9.19. The number of aromatic hydroxyl groups is 1. The Morgan fingerprint density at radius 3 is 2.52 bits per heavy atom. The van der Waals surface area contributed by atoms with E-state index in [0.717, 1.165) is 11.1 Å². The minimum absolute atomic E-state index is 0.0636. The quantitative estimate of drug-likeness (QED) is 0.153. The summed E-state index contributed by atoms with van der Waals surface area (Å²) in [6, 6.07) is 8.48. The molecule has 6 N–H and O–H groups in total. The lowest BCUT2D eigenvalue weighted by molar-refractivity contribution is -0.278. The minimum atomic E-state index is -1.68. The van der Waals surface area contributed by atoms with Crippen molar-refractivity contribution in [2.45, 2.75) is 57.0 Å². The summed E-state index contributed by atoms with van der Waals surface area (Å²) in [6.07, 6.45) is -5.02. The second-order valence-electron chi connectivity index (χ2n) is 9.19. The molecule has 0 radical (unpaired) electrons. The van der Waals surface area contributed by atoms with Gasteiger partial charge in [0, 0.05) is 6.20 Å². The molecule has 1 fully saturated rings. The van der Waals surface area contributed by atoms with Gasteiger partial charge in [-0.05, 0) is 49.1 Å². The fraction of sp³-hybridized carbons (Fsp3) is 0.462. The lowest BCUT2D eigenvalue weighted by atomic mass is 9.99. The number of hydrogen-bond acceptors (Lipinski definition) is 12. The van der Waals surface area contributed by atoms with Gasteiger partial charge in [-0.15, -0.1) is 5.10 Å². The van der Waals surface area contributed by atoms with Crippen LogP contribution in [0.2, 0.25) is 0 Å². The van der Waals surface area contributed by atoms with Crippen LogP contribution in [0.15, 0.2) is 36.5 Å². The molecule has 1 saturated heterocycles. The largest absolute Gasteiger partial charge is 0.508 e. The number of nitrogens with zero attached hydrogens (tertiary/aromatic N) is 3. The number of phenolic OH excluding ortho intramolecular Hbond substituents is 1. The predicted molar refractivity (Wildman–Crippen MR) is 137 cm³/mol. The topological polar surface area (TPSA) is 206 Å². The predicted octanol–water partition coefficient (Wildman–Crippen LogP) is -1.22. The van der Waals surface area contributed by atoms with E-state index in [4.69, 9.17) is 14.2 Å². The highest BCUT2D eigenvalue weighted by Gasteiger charge is 2.45. The number of pyridine rings is 1. The Kier molecular flexibility index (Phi) is 9.50. The fourth-order valence-corrected chi connectivity index (χ4v) is 4.32. The first-order valence-electron chi connectivity index (χ1n) is 12.7. The van der Waals surface area contributed by atoms with E-state index in [1.54, 1.807) is 43.5 Å². The molecular formula is C26H32N4O10. The normalized spacial score (nSPS) is 22.7. The molecule has 0 bridgehead atoms. The maximum absolute atomic E-state index is 12.6. The molecule has 0 unspecified atom stereocenters. The third-order valence-corrected chi connectivity index (χ3v) is 6.41. The summed E-state index contributed by atoms with van der Waals surface area (Å²) in [7, 11) is 0. The molecule has 2 aromatic heterocycles. The van der Waals surface area contributed by atoms with Gasteiger partial charge in [-0.1, -0.05) is 12.1 Å². The number of benzene rings is 1. The van der Waals surface area contributed by atoms with Crippen LogP contribution in [-0.2, 0) is 38.4 Å². The summed E-state index contributed by atoms with van der Waals surface area (Å²) in [4.78, 5) is 28.6. The number of hydrogen-bond donors (Lipinski definition) is 6. The lowest BCUT2D eigenvalue weighted by Crippen LogP contribution is -2.60. The number of aryl methyl sites for hydroxylation is 2. The van der Waals surface area contributed by atoms with Gasteiger partial charge in [-0.3, -0.25) is 9.59 Å². The third-order valence-electron chi connectivity index (χ3n) is 6.41. The van der Waals surface area contributed by atoms with Gasteiger partial charge in [0.25, 0.3) is 0 Å². The van der Waals surface area contributed by atoms with Crippen molar-refractivity contribution in [1.82, 2.24) is 20.1 Å². The van der Waals surface area contributed by atoms with Crippen LogP contribution < -0.4 is 10.1 Å². The van der Waals surface area contributed by atoms with E-state index < -0.39 is 49.2 Å². The van der Waals surface area contributed by atoms with Crippen molar-refractivity contribution < 1.29 is 49.3 Å². The maximum Gasteiger partial charge on any atom is 0.325 e. The molecule has 40 heavy (non-hydrogen) atoms. The van der Waals surface area contributed by atoms with E-state index >= 15 is 0 Å². The molecule has 14 heteroatoms. The zero-order valence-electron chi connectivity index (χ0n) is 21.7. The third kappa shape index (κ3) is 6.66. The van der Waals surface area contributed by atoms with Crippen molar-refractivity contribution in [1.29, 1.82) is 0 Å². The summed E-state index contributed by atoms with van der Waals surface area (Å²) in [5.74, 6) is -1.06. The Morgan fingerprint density at radius 1 is 1.07 bits per heavy atom. The summed E-state index contributed by atoms with van der Waals surface area (Å²) in [5.41, 5.74) is 1.95. The molecule has 1 amide bonds. The van der Waals surface area contributed by atoms with Crippen molar-refractivity contribution in [3.8, 4) is 11.6 Å². The van der Waals surface area contributed by atoms with Crippen LogP contribution >= 0.6 is 0 Å². The Bertz CT molecular complexity index is 1310. The number of nitrogens with one attached hydrogen (secondary N) is 1. The number of ether oxygens (including phenoxy) is 3. The first kappa shape index (κ1) is 29.2. The van der Waals surface area contributed by atoms with Crippen molar-refractivity contribution in [3.05, 3.63) is 47.7 Å². The van der Waals surface area contributed by atoms with Gasteiger partial charge < -0.3 is 45.1 Å². The van der Waals surface area contributed by atoms with E-state index in [2.05, 4.69) is 15.4 Å². The molecule has 1 aliphatic rings. The van der Waals surface area contributed by atoms with E-state index in [1.165, 1.54) is 4.68 Å². The number of rotatable bonds is 11. The molecule has 14 nitrogen and oxygen atoms in total. The maximum atomic E-state index is 12.6. The molecule has 5 atom stereocenters. The molecular weight excluding hydrogens is 528 g/mol. The molecule has 1 aliphatic heterocycles. The summed E-state index contributed by atoms with van der Waals surface area (Å²) in [6.45, 7) is 0.527. The average molecular weight is 561 g/mol. The van der Waals surface area contributed by atoms with Crippen LogP contribution in [0.1, 0.15) is 18.1 Å². The standard InChI is InChI=1S/C26H32N4O10/c1-2-38-19(34)11-28-18(33)12-30-24-20(15(9-10-27-24)6-3-14-4-7-16(32)8-5-14)25(29-30)40-26-23(37)22(36)21(35)17(13-31)39-26/h4-5,7-10,17,21-23,26,31-32,35-37H,2-3,6,11-13H2,1H3,(H,28,33)/t17-,21-,22+,23-,26+/m1/s1. The zero-order valence-corrected chi connectivity index (χ0v) is 21.7. The monoisotopic (exact) mass is 560 g/mol. The number of phenols is 1. The van der Waals surface area contributed by atoms with Gasteiger partial charge in [0.15, 0.2) is 5.65 Å². The number of esters is 1. The van der Waals surface area contributed by atoms with Crippen LogP contribution in [0.5, 0.6) is 11.6 Å². The van der Waals surface area contributed by atoms with Gasteiger partial charge in [0.1, 0.15) is 43.3 Å². The van der Waals surface area contributed by atoms with Crippen molar-refractivity contribution in [2.75, 3.05) is 19.8 Å². The molecule has 216 valence electrons. The second kappa shape index (κ2) is 13.0. The molecule has 0 saturated carbocycles. The van der Waals surface area contributed by atoms with Gasteiger partial charge in [-0.2, -0.15) is 0 Å². The van der Waals surface area contributed by atoms with Crippen LogP contribution in [-0.4, -0.2) is 103 Å². The van der Waals surface area contributed by atoms with Crippen molar-refractivity contribution >= 4 is 22.9 Å². The highest BCUT2D eigenvalue weighted by atomic mass is 16.7. The van der Waals surface area contributed by atoms with E-state index in [9.17, 15) is 35.1 Å². The fourth-order valence-electron chi connectivity index (χ4n) is 4.32. The number of aliphatic hydroxyl groups is 4. The van der Waals surface area contributed by atoms with Crippen LogP contribution in [0, 0.1) is 0 Å². The van der Waals surface area contributed by atoms with Crippen molar-refractivity contribution in [2.24, 2.45) is 0 Å². The smallest absolute Gasteiger partial charge is 0.325 e. The van der Waals surface area contributed by atoms with Gasteiger partial charge >= 0.3 is 5.97 Å². The Hall–Kier alpha value is -3.82. The number of aliphatic hydroxyl groups excluding tert-OH is 4. The highest BCUT2D eigenvalue weighted by molar-refractivity contribution is 5.87. The first-order chi connectivity index (χ1) is 19.2. The minimum Gasteiger partial charge on any atom is -0.508 e. The number of aromatic nitrogens is 3. The molecule has 0 aliphatic carbocycles. The SMILES string of the molecule is CCOC(=O)CNC(=O)Cn1nc(O[C@@H]2O[C@H](CO)[C@@H](O)[C@H](O)[C@H]2O)c2c(CCc3ccc(O)cc3)ccnc21. The summed E-state index contributed by atoms with van der Waals surface area (Å²) < 4.78 is 17.4. The molecule has 3 heterocycles. The van der Waals surface area contributed by atoms with Crippen molar-refractivity contribution in [3.63, 3.8) is 0 Å². The Labute approximate surface area is 228 Å². The number of fused-ring (bicyclic) bond motifs is 1. The summed E-state index contributed by atoms with van der Waals surface area (Å²) >= 11 is 0. The van der Waals surface area contributed by atoms with Gasteiger partial charge in [0.2, 0.25) is 18.1 Å².